The number of amides is 1. The number of ketones is 1. The number of Topliss-reactive ketones (excluding diaryl/α,β-unsaturated/α-hetero) is 1. The predicted octanol–water partition coefficient (Wildman–Crippen LogP) is 5.70. The van der Waals surface area contributed by atoms with Crippen molar-refractivity contribution in [3.63, 3.8) is 0 Å². The lowest BCUT2D eigenvalue weighted by Crippen LogP contribution is -2.26. The van der Waals surface area contributed by atoms with Gasteiger partial charge in [-0.15, -0.1) is 0 Å². The van der Waals surface area contributed by atoms with Crippen molar-refractivity contribution in [3.8, 4) is 0 Å². The van der Waals surface area contributed by atoms with Crippen LogP contribution >= 0.6 is 0 Å². The molecular weight excluding hydrogens is 414 g/mol. The summed E-state index contributed by atoms with van der Waals surface area (Å²) in [6.45, 7) is 5.91. The Kier molecular flexibility index (Phi) is 5.97. The topological polar surface area (TPSA) is 74.7 Å². The van der Waals surface area contributed by atoms with Crippen LogP contribution in [0.1, 0.15) is 58.2 Å². The number of benzene rings is 3. The van der Waals surface area contributed by atoms with E-state index in [1.165, 1.54) is 6.92 Å². The van der Waals surface area contributed by atoms with E-state index in [4.69, 9.17) is 0 Å². The van der Waals surface area contributed by atoms with Gasteiger partial charge in [0.05, 0.1) is 23.4 Å². The number of aromatic carboxylic acids is 1. The summed E-state index contributed by atoms with van der Waals surface area (Å²) in [7, 11) is 0. The smallest absolute Gasteiger partial charge is 0.335 e. The van der Waals surface area contributed by atoms with Crippen molar-refractivity contribution in [2.45, 2.75) is 27.3 Å². The highest BCUT2D eigenvalue weighted by Crippen LogP contribution is 2.43. The van der Waals surface area contributed by atoms with Crippen molar-refractivity contribution in [2.75, 3.05) is 4.90 Å². The minimum atomic E-state index is -0.998. The molecule has 0 bridgehead atoms. The van der Waals surface area contributed by atoms with E-state index in [0.717, 1.165) is 28.0 Å². The van der Waals surface area contributed by atoms with Crippen LogP contribution in [-0.2, 0) is 11.3 Å². The fourth-order valence-electron chi connectivity index (χ4n) is 4.33. The van der Waals surface area contributed by atoms with Gasteiger partial charge in [0.25, 0.3) is 5.91 Å². The number of carboxylic acid groups (broad SMARTS) is 1. The van der Waals surface area contributed by atoms with Gasteiger partial charge in [0.1, 0.15) is 0 Å². The van der Waals surface area contributed by atoms with Crippen LogP contribution < -0.4 is 4.90 Å². The predicted molar refractivity (Wildman–Crippen MR) is 129 cm³/mol. The van der Waals surface area contributed by atoms with Crippen LogP contribution in [0.4, 0.5) is 5.69 Å². The molecule has 3 aromatic rings. The second-order valence-corrected chi connectivity index (χ2v) is 8.49. The van der Waals surface area contributed by atoms with Gasteiger partial charge in [-0.05, 0) is 47.7 Å². The molecule has 5 nitrogen and oxygen atoms in total. The molecule has 5 heteroatoms. The van der Waals surface area contributed by atoms with Crippen LogP contribution in [-0.4, -0.2) is 22.8 Å². The highest BCUT2D eigenvalue weighted by molar-refractivity contribution is 6.37. The van der Waals surface area contributed by atoms with Crippen molar-refractivity contribution in [1.29, 1.82) is 0 Å². The Morgan fingerprint density at radius 1 is 0.879 bits per heavy atom. The van der Waals surface area contributed by atoms with Gasteiger partial charge in [0, 0.05) is 11.1 Å². The summed E-state index contributed by atoms with van der Waals surface area (Å²) in [5, 5.41) is 9.33. The number of allylic oxidation sites excluding steroid dienone is 1. The van der Waals surface area contributed by atoms with Crippen molar-refractivity contribution < 1.29 is 19.5 Å². The van der Waals surface area contributed by atoms with E-state index in [9.17, 15) is 19.5 Å². The van der Waals surface area contributed by atoms with Crippen LogP contribution in [0.2, 0.25) is 0 Å². The maximum absolute atomic E-state index is 13.8. The van der Waals surface area contributed by atoms with Crippen molar-refractivity contribution in [2.24, 2.45) is 5.92 Å². The van der Waals surface area contributed by atoms with E-state index in [-0.39, 0.29) is 29.7 Å². The Balaban J connectivity index is 1.82. The molecular formula is C28H25NO4. The number of hydrogen-bond donors (Lipinski definition) is 1. The minimum absolute atomic E-state index is 0.00245. The molecule has 0 unspecified atom stereocenters. The lowest BCUT2D eigenvalue weighted by molar-refractivity contribution is -0.113. The second kappa shape index (κ2) is 8.87. The van der Waals surface area contributed by atoms with Gasteiger partial charge in [0.2, 0.25) is 0 Å². The van der Waals surface area contributed by atoms with Crippen LogP contribution in [0.5, 0.6) is 0 Å². The van der Waals surface area contributed by atoms with Crippen LogP contribution in [0.3, 0.4) is 0 Å². The van der Waals surface area contributed by atoms with E-state index in [1.54, 1.807) is 35.2 Å². The van der Waals surface area contributed by atoms with E-state index >= 15 is 0 Å². The SMILES string of the molecule is CC(=O)c1ccc(C(=C2C(=O)N(Cc3cccc(C(=O)O)c3)c3ccccc32)C(C)C)cc1. The first kappa shape index (κ1) is 22.2. The van der Waals surface area contributed by atoms with Gasteiger partial charge in [-0.1, -0.05) is 68.4 Å². The number of carbonyl (C=O) groups is 3. The number of para-hydroxylation sites is 1. The normalized spacial score (nSPS) is 14.4. The number of rotatable bonds is 6. The summed E-state index contributed by atoms with van der Waals surface area (Å²) in [6, 6.07) is 21.7. The fourth-order valence-corrected chi connectivity index (χ4v) is 4.33. The number of carbonyl (C=O) groups excluding carboxylic acids is 2. The number of carboxylic acids is 1. The molecule has 0 spiro atoms. The third-order valence-electron chi connectivity index (χ3n) is 5.89. The standard InChI is InChI=1S/C28H25NO4/c1-17(2)25(21-13-11-20(12-14-21)18(3)30)26-23-9-4-5-10-24(23)29(27(26)31)16-19-7-6-8-22(15-19)28(32)33/h4-15,17H,16H2,1-3H3,(H,32,33). The van der Waals surface area contributed by atoms with Gasteiger partial charge in [0.15, 0.2) is 5.78 Å². The molecule has 0 radical (unpaired) electrons. The van der Waals surface area contributed by atoms with Crippen molar-refractivity contribution in [3.05, 3.63) is 101 Å². The maximum atomic E-state index is 13.8. The zero-order valence-corrected chi connectivity index (χ0v) is 18.8. The van der Waals surface area contributed by atoms with Crippen LogP contribution in [0, 0.1) is 5.92 Å². The molecule has 1 amide bonds. The lowest BCUT2D eigenvalue weighted by Gasteiger charge is -2.19. The summed E-state index contributed by atoms with van der Waals surface area (Å²) >= 11 is 0. The Morgan fingerprint density at radius 2 is 1.55 bits per heavy atom. The molecule has 0 aliphatic carbocycles. The maximum Gasteiger partial charge on any atom is 0.335 e. The molecule has 1 aliphatic heterocycles. The first-order valence-corrected chi connectivity index (χ1v) is 10.9. The Bertz CT molecular complexity index is 1290. The summed E-state index contributed by atoms with van der Waals surface area (Å²) < 4.78 is 0. The number of anilines is 1. The molecule has 3 aromatic carbocycles. The number of hydrogen-bond acceptors (Lipinski definition) is 3. The van der Waals surface area contributed by atoms with E-state index in [2.05, 4.69) is 13.8 Å². The lowest BCUT2D eigenvalue weighted by atomic mass is 9.87. The second-order valence-electron chi connectivity index (χ2n) is 8.49. The van der Waals surface area contributed by atoms with Crippen LogP contribution in [0.25, 0.3) is 11.1 Å². The van der Waals surface area contributed by atoms with Crippen LogP contribution in [0.15, 0.2) is 72.8 Å². The third-order valence-corrected chi connectivity index (χ3v) is 5.89. The summed E-state index contributed by atoms with van der Waals surface area (Å²) in [6.07, 6.45) is 0. The molecule has 0 fully saturated rings. The molecule has 1 N–H and O–H groups in total. The number of nitrogens with zero attached hydrogens (tertiary/aromatic N) is 1. The average molecular weight is 440 g/mol. The first-order chi connectivity index (χ1) is 15.8. The van der Waals surface area contributed by atoms with E-state index in [1.807, 2.05) is 42.5 Å². The minimum Gasteiger partial charge on any atom is -0.478 e. The molecule has 0 saturated heterocycles. The Morgan fingerprint density at radius 3 is 2.18 bits per heavy atom. The molecule has 33 heavy (non-hydrogen) atoms. The third kappa shape index (κ3) is 4.22. The van der Waals surface area contributed by atoms with Gasteiger partial charge < -0.3 is 10.0 Å². The quantitative estimate of drug-likeness (QED) is 0.395. The fraction of sp³-hybridized carbons (Fsp3) is 0.179. The average Bonchev–Trinajstić information content (AvgIpc) is 3.06. The number of fused-ring (bicyclic) bond motifs is 1. The Hall–Kier alpha value is -3.99. The van der Waals surface area contributed by atoms with Crippen molar-refractivity contribution in [1.82, 2.24) is 0 Å². The highest BCUT2D eigenvalue weighted by atomic mass is 16.4. The van der Waals surface area contributed by atoms with E-state index < -0.39 is 5.97 Å². The Labute approximate surface area is 193 Å². The molecule has 0 saturated carbocycles. The van der Waals surface area contributed by atoms with Gasteiger partial charge >= 0.3 is 5.97 Å². The van der Waals surface area contributed by atoms with Gasteiger partial charge in [-0.25, -0.2) is 4.79 Å². The van der Waals surface area contributed by atoms with Gasteiger partial charge in [-0.3, -0.25) is 9.59 Å². The summed E-state index contributed by atoms with van der Waals surface area (Å²) in [4.78, 5) is 38.6. The van der Waals surface area contributed by atoms with Crippen molar-refractivity contribution >= 4 is 34.5 Å². The molecule has 1 aliphatic rings. The van der Waals surface area contributed by atoms with Gasteiger partial charge in [-0.2, -0.15) is 0 Å². The molecule has 0 aromatic heterocycles. The monoisotopic (exact) mass is 439 g/mol. The summed E-state index contributed by atoms with van der Waals surface area (Å²) in [5.41, 5.74) is 5.70. The highest BCUT2D eigenvalue weighted by Gasteiger charge is 2.35. The van der Waals surface area contributed by atoms with E-state index in [0.29, 0.717) is 11.1 Å². The summed E-state index contributed by atoms with van der Waals surface area (Å²) in [5.74, 6) is -1.05. The zero-order valence-electron chi connectivity index (χ0n) is 18.8. The zero-order chi connectivity index (χ0) is 23.7. The molecule has 4 rings (SSSR count). The molecule has 0 atom stereocenters. The molecule has 166 valence electrons. The first-order valence-electron chi connectivity index (χ1n) is 10.9. The largest absolute Gasteiger partial charge is 0.478 e. The molecule has 1 heterocycles.